The average molecular weight is 1670 g/mol. The van der Waals surface area contributed by atoms with Gasteiger partial charge in [0.25, 0.3) is 29.5 Å². The maximum atomic E-state index is 13.1. The van der Waals surface area contributed by atoms with Crippen molar-refractivity contribution in [2.45, 2.75) is 124 Å². The Morgan fingerprint density at radius 2 is 0.681 bits per heavy atom. The number of carbonyl (C=O) groups excluding carboxylic acids is 14. The first-order valence-corrected chi connectivity index (χ1v) is 40.4. The van der Waals surface area contributed by atoms with E-state index in [2.05, 4.69) is 84.1 Å². The molecule has 0 saturated carbocycles. The lowest BCUT2D eigenvalue weighted by atomic mass is 10.0. The first kappa shape index (κ1) is 96.3. The molecule has 38 heteroatoms. The van der Waals surface area contributed by atoms with E-state index in [0.29, 0.717) is 167 Å². The van der Waals surface area contributed by atoms with E-state index in [1.165, 1.54) is 41.3 Å². The normalized spacial score (nSPS) is 16.9. The van der Waals surface area contributed by atoms with Crippen molar-refractivity contribution in [2.75, 3.05) is 189 Å². The van der Waals surface area contributed by atoms with Crippen LogP contribution in [0, 0.1) is 17.8 Å². The standard InChI is InChI=1S/C27H38N4O9.C27H40N4O8.C27H37N3O10/c1-18(2)8-10-37-12-14-39-16-17-40-15-13-38-11-9-28-27(36)29-20-5-3-4-19-23(20)26(35)31(25(19)34)21-6-7-22(32)30-24(21)33;1-19(2)8-10-36-12-14-38-16-17-39-15-13-37-11-9-28-27(35)29-22-5-3-4-20-21(22)18-31(26(20)34)23-6-7-24(32)30-25(23)33;1-18(2)8-10-36-12-14-38-16-17-39-15-13-37-11-9-28-27(35)40-21-5-3-4-19-23(21)26(34)30(25(19)33)20-6-7-22(31)29-24(20)32/h3-5,18,21H,6-17H2,1-2H3,(H2,28,29,36)(H,30,32,33);3-5,19,23H,6-18H2,1-2H3,(H2,28,29,35)(H,30,32,33);3-5,18,20H,6-17H2,1-2H3,(H,28,35)(H,29,31,32). The largest absolute Gasteiger partial charge is 0.412 e. The van der Waals surface area contributed by atoms with E-state index in [-0.39, 0.29) is 117 Å². The van der Waals surface area contributed by atoms with Crippen LogP contribution in [0.2, 0.25) is 0 Å². The lowest BCUT2D eigenvalue weighted by molar-refractivity contribution is -0.138. The summed E-state index contributed by atoms with van der Waals surface area (Å²) in [5.74, 6) is -4.46. The number of ether oxygens (including phenoxy) is 13. The van der Waals surface area contributed by atoms with Gasteiger partial charge in [-0.1, -0.05) is 59.7 Å². The number of imide groups is 5. The Morgan fingerprint density at radius 3 is 1.07 bits per heavy atom. The van der Waals surface area contributed by atoms with Crippen LogP contribution in [0.15, 0.2) is 54.6 Å². The predicted octanol–water partition coefficient (Wildman–Crippen LogP) is 4.29. The van der Waals surface area contributed by atoms with E-state index in [4.69, 9.17) is 61.6 Å². The summed E-state index contributed by atoms with van der Waals surface area (Å²) in [6.45, 7) is 25.1. The number of benzene rings is 3. The van der Waals surface area contributed by atoms with Crippen LogP contribution in [0.1, 0.15) is 157 Å². The Bertz CT molecular complexity index is 3720. The molecule has 656 valence electrons. The second-order valence-electron chi connectivity index (χ2n) is 29.0. The molecule has 38 nitrogen and oxygen atoms in total. The third-order valence-corrected chi connectivity index (χ3v) is 18.6. The molecule has 3 saturated heterocycles. The number of nitrogens with one attached hydrogen (secondary N) is 8. The van der Waals surface area contributed by atoms with Crippen LogP contribution in [-0.2, 0) is 92.2 Å². The minimum atomic E-state index is -1.11. The molecule has 3 atom stereocenters. The fraction of sp³-hybridized carbons (Fsp3) is 0.605. The minimum absolute atomic E-state index is 0.00313. The number of amides is 16. The van der Waals surface area contributed by atoms with E-state index in [0.717, 1.165) is 48.9 Å². The van der Waals surface area contributed by atoms with Crippen LogP contribution in [0.5, 0.6) is 5.75 Å². The van der Waals surface area contributed by atoms with Crippen LogP contribution < -0.4 is 47.3 Å². The quantitative estimate of drug-likeness (QED) is 0.0288. The molecule has 6 heterocycles. The van der Waals surface area contributed by atoms with Gasteiger partial charge in [0.2, 0.25) is 35.4 Å². The summed E-state index contributed by atoms with van der Waals surface area (Å²) in [4.78, 5) is 176. The lowest BCUT2D eigenvalue weighted by Crippen LogP contribution is -2.54. The summed E-state index contributed by atoms with van der Waals surface area (Å²) in [7, 11) is 0. The monoisotopic (exact) mass is 1670 g/mol. The maximum absolute atomic E-state index is 13.1. The van der Waals surface area contributed by atoms with Crippen LogP contribution in [-0.4, -0.2) is 294 Å². The summed E-state index contributed by atoms with van der Waals surface area (Å²) in [6.07, 6.45) is 2.85. The molecule has 3 unspecified atom stereocenters. The highest BCUT2D eigenvalue weighted by molar-refractivity contribution is 6.27. The van der Waals surface area contributed by atoms with Crippen molar-refractivity contribution >= 4 is 94.5 Å². The molecule has 3 fully saturated rings. The van der Waals surface area contributed by atoms with Gasteiger partial charge in [-0.2, -0.15) is 0 Å². The molecule has 119 heavy (non-hydrogen) atoms. The predicted molar refractivity (Wildman–Crippen MR) is 425 cm³/mol. The molecule has 0 aromatic heterocycles. The Hall–Kier alpha value is -9.84. The van der Waals surface area contributed by atoms with E-state index in [1.807, 2.05) is 0 Å². The van der Waals surface area contributed by atoms with Gasteiger partial charge in [-0.05, 0) is 92.7 Å². The lowest BCUT2D eigenvalue weighted by Gasteiger charge is -2.29. The number of fused-ring (bicyclic) bond motifs is 3. The highest BCUT2D eigenvalue weighted by Gasteiger charge is 2.48. The van der Waals surface area contributed by atoms with Crippen molar-refractivity contribution in [1.82, 2.24) is 46.6 Å². The van der Waals surface area contributed by atoms with Crippen molar-refractivity contribution in [3.8, 4) is 5.75 Å². The third kappa shape index (κ3) is 32.7. The third-order valence-electron chi connectivity index (χ3n) is 18.6. The van der Waals surface area contributed by atoms with Crippen molar-refractivity contribution in [3.63, 3.8) is 0 Å². The fourth-order valence-electron chi connectivity index (χ4n) is 12.3. The maximum Gasteiger partial charge on any atom is 0.412 e. The molecule has 3 aromatic rings. The Labute approximate surface area is 691 Å². The number of piperidine rings is 3. The van der Waals surface area contributed by atoms with E-state index in [9.17, 15) is 67.1 Å². The topological polar surface area (TPSA) is 465 Å². The average Bonchev–Trinajstić information content (AvgIpc) is 1.61. The second kappa shape index (κ2) is 52.9. The number of urea groups is 2. The number of hydrogen-bond acceptors (Lipinski definition) is 27. The number of hydrogen-bond donors (Lipinski definition) is 8. The zero-order chi connectivity index (χ0) is 85.9. The van der Waals surface area contributed by atoms with Crippen molar-refractivity contribution in [3.05, 3.63) is 88.0 Å². The molecular formula is C81H115N11O27. The molecule has 6 aliphatic heterocycles. The Kier molecular flexibility index (Phi) is 42.8. The van der Waals surface area contributed by atoms with Crippen molar-refractivity contribution in [1.29, 1.82) is 0 Å². The fourth-order valence-corrected chi connectivity index (χ4v) is 12.3. The number of carbonyl (C=O) groups is 14. The summed E-state index contributed by atoms with van der Waals surface area (Å²) in [5, 5.41) is 19.8. The summed E-state index contributed by atoms with van der Waals surface area (Å²) in [6, 6.07) is 9.87. The Morgan fingerprint density at radius 1 is 0.361 bits per heavy atom. The van der Waals surface area contributed by atoms with E-state index < -0.39 is 89.4 Å². The van der Waals surface area contributed by atoms with Gasteiger partial charge in [0.15, 0.2) is 0 Å². The summed E-state index contributed by atoms with van der Waals surface area (Å²) in [5.41, 5.74) is 1.69. The van der Waals surface area contributed by atoms with Gasteiger partial charge in [-0.3, -0.25) is 78.5 Å². The van der Waals surface area contributed by atoms with E-state index in [1.54, 1.807) is 18.2 Å². The summed E-state index contributed by atoms with van der Waals surface area (Å²) >= 11 is 0. The van der Waals surface area contributed by atoms with Crippen molar-refractivity contribution < 1.29 is 129 Å². The highest BCUT2D eigenvalue weighted by Crippen LogP contribution is 2.36. The molecule has 0 spiro atoms. The Balaban J connectivity index is 0.000000246. The first-order valence-electron chi connectivity index (χ1n) is 40.4. The molecule has 16 amide bonds. The van der Waals surface area contributed by atoms with Crippen LogP contribution >= 0.6 is 0 Å². The van der Waals surface area contributed by atoms with E-state index >= 15 is 0 Å². The number of nitrogens with zero attached hydrogens (tertiary/aromatic N) is 3. The molecule has 6 aliphatic rings. The zero-order valence-electron chi connectivity index (χ0n) is 68.7. The van der Waals surface area contributed by atoms with Gasteiger partial charge in [0, 0.05) is 82.1 Å². The zero-order valence-corrected chi connectivity index (χ0v) is 68.7. The molecule has 0 radical (unpaired) electrons. The van der Waals surface area contributed by atoms with Gasteiger partial charge in [-0.15, -0.1) is 0 Å². The molecule has 0 bridgehead atoms. The first-order chi connectivity index (χ1) is 57.4. The molecule has 9 rings (SSSR count). The van der Waals surface area contributed by atoms with Gasteiger partial charge in [0.1, 0.15) is 23.9 Å². The van der Waals surface area contributed by atoms with Gasteiger partial charge >= 0.3 is 18.2 Å². The molecule has 3 aromatic carbocycles. The van der Waals surface area contributed by atoms with Crippen molar-refractivity contribution in [2.24, 2.45) is 17.8 Å². The number of anilines is 2. The van der Waals surface area contributed by atoms with Crippen LogP contribution in [0.4, 0.5) is 25.8 Å². The SMILES string of the molecule is CC(C)CCOCCOCCOCCOCCNC(=O)Nc1cccc2c1C(=O)N(C1CCC(=O)NC1=O)C2=O.CC(C)CCOCCOCCOCCOCCNC(=O)Nc1cccc2c1CN(C1CCC(=O)NC1=O)C2=O.CC(C)CCOCCOCCOCCOCCNC(=O)Oc1cccc2c1C(=O)N(C1CCC(=O)NC1=O)C2=O. The summed E-state index contributed by atoms with van der Waals surface area (Å²) < 4.78 is 70.6. The van der Waals surface area contributed by atoms with Gasteiger partial charge in [0.05, 0.1) is 167 Å². The highest BCUT2D eigenvalue weighted by atomic mass is 16.6. The smallest absolute Gasteiger partial charge is 0.409 e. The molecular weight excluding hydrogens is 1560 g/mol. The second-order valence-corrected chi connectivity index (χ2v) is 29.0. The number of rotatable bonds is 51. The minimum Gasteiger partial charge on any atom is -0.409 e. The van der Waals surface area contributed by atoms with Gasteiger partial charge < -0.3 is 93.1 Å². The van der Waals surface area contributed by atoms with Crippen LogP contribution in [0.3, 0.4) is 0 Å². The van der Waals surface area contributed by atoms with Gasteiger partial charge in [-0.25, -0.2) is 14.4 Å². The molecule has 0 aliphatic carbocycles. The van der Waals surface area contributed by atoms with Crippen LogP contribution in [0.25, 0.3) is 0 Å². The molecule has 8 N–H and O–H groups in total.